The molecule has 0 aliphatic rings. The molecule has 1 heterocycles. The number of aryl methyl sites for hydroxylation is 1. The van der Waals surface area contributed by atoms with Crippen molar-refractivity contribution in [1.82, 2.24) is 4.57 Å². The number of halogens is 1. The van der Waals surface area contributed by atoms with Gasteiger partial charge in [-0.25, -0.2) is 4.39 Å². The van der Waals surface area contributed by atoms with E-state index in [-0.39, 0.29) is 17.2 Å². The minimum atomic E-state index is -0.375. The molecule has 0 saturated carbocycles. The number of rotatable bonds is 2. The first-order valence-electron chi connectivity index (χ1n) is 5.20. The first-order valence-corrected chi connectivity index (χ1v) is 6.02. The van der Waals surface area contributed by atoms with Crippen molar-refractivity contribution in [3.8, 4) is 0 Å². The number of benzene rings is 1. The van der Waals surface area contributed by atoms with Gasteiger partial charge in [0, 0.05) is 21.8 Å². The Morgan fingerprint density at radius 3 is 2.65 bits per heavy atom. The Balaban J connectivity index is 2.49. The maximum atomic E-state index is 13.6. The van der Waals surface area contributed by atoms with Gasteiger partial charge in [0.1, 0.15) is 5.82 Å². The van der Waals surface area contributed by atoms with E-state index in [9.17, 15) is 9.18 Å². The van der Waals surface area contributed by atoms with Crippen molar-refractivity contribution in [3.63, 3.8) is 0 Å². The maximum Gasteiger partial charge on any atom is 0.307 e. The van der Waals surface area contributed by atoms with Crippen molar-refractivity contribution >= 4 is 17.0 Å². The molecule has 1 aromatic heterocycles. The minimum Gasteiger partial charge on any atom is -0.398 e. The van der Waals surface area contributed by atoms with Crippen LogP contribution in [0.25, 0.3) is 0 Å². The summed E-state index contributed by atoms with van der Waals surface area (Å²) in [5.41, 5.74) is 7.33. The number of nitrogens with two attached hydrogens (primary N) is 1. The lowest BCUT2D eigenvalue weighted by Crippen LogP contribution is -2.17. The number of anilines is 1. The fourth-order valence-electron chi connectivity index (χ4n) is 1.67. The molecule has 2 N–H and O–H groups in total. The van der Waals surface area contributed by atoms with Crippen LogP contribution in [-0.2, 0) is 6.54 Å². The second-order valence-electron chi connectivity index (χ2n) is 3.90. The molecule has 2 rings (SSSR count). The molecule has 2 aromatic rings. The smallest absolute Gasteiger partial charge is 0.307 e. The Morgan fingerprint density at radius 2 is 2.12 bits per heavy atom. The standard InChI is InChI=1S/C12H13FN2OS/c1-7-8(2)17-12(16)15(7)6-9-10(13)4-3-5-11(9)14/h3-5H,6,14H2,1-2H3. The van der Waals surface area contributed by atoms with E-state index in [4.69, 9.17) is 5.73 Å². The van der Waals surface area contributed by atoms with E-state index < -0.39 is 0 Å². The van der Waals surface area contributed by atoms with Gasteiger partial charge >= 0.3 is 4.87 Å². The van der Waals surface area contributed by atoms with Crippen LogP contribution in [0.3, 0.4) is 0 Å². The third-order valence-corrected chi connectivity index (χ3v) is 3.84. The highest BCUT2D eigenvalue weighted by Gasteiger charge is 2.12. The zero-order valence-electron chi connectivity index (χ0n) is 9.66. The van der Waals surface area contributed by atoms with E-state index in [1.165, 1.54) is 17.4 Å². The number of nitrogens with zero attached hydrogens (tertiary/aromatic N) is 1. The van der Waals surface area contributed by atoms with Gasteiger partial charge in [-0.1, -0.05) is 17.4 Å². The summed E-state index contributed by atoms with van der Waals surface area (Å²) in [6, 6.07) is 4.55. The lowest BCUT2D eigenvalue weighted by Gasteiger charge is -2.09. The van der Waals surface area contributed by atoms with Gasteiger partial charge in [0.05, 0.1) is 6.54 Å². The molecule has 17 heavy (non-hydrogen) atoms. The van der Waals surface area contributed by atoms with Gasteiger partial charge in [0.25, 0.3) is 0 Å². The van der Waals surface area contributed by atoms with E-state index >= 15 is 0 Å². The summed E-state index contributed by atoms with van der Waals surface area (Å²) < 4.78 is 15.2. The van der Waals surface area contributed by atoms with Crippen LogP contribution in [0.5, 0.6) is 0 Å². The van der Waals surface area contributed by atoms with Crippen LogP contribution < -0.4 is 10.6 Å². The summed E-state index contributed by atoms with van der Waals surface area (Å²) >= 11 is 1.17. The zero-order chi connectivity index (χ0) is 12.6. The van der Waals surface area contributed by atoms with Crippen LogP contribution in [-0.4, -0.2) is 4.57 Å². The second-order valence-corrected chi connectivity index (χ2v) is 5.07. The highest BCUT2D eigenvalue weighted by Crippen LogP contribution is 2.18. The number of nitrogen functional groups attached to an aromatic ring is 1. The van der Waals surface area contributed by atoms with Crippen LogP contribution in [0.15, 0.2) is 23.0 Å². The molecule has 0 aliphatic heterocycles. The van der Waals surface area contributed by atoms with Crippen molar-refractivity contribution in [2.24, 2.45) is 0 Å². The molecule has 0 bridgehead atoms. The largest absolute Gasteiger partial charge is 0.398 e. The molecule has 5 heteroatoms. The number of thiazole rings is 1. The van der Waals surface area contributed by atoms with Gasteiger partial charge in [-0.3, -0.25) is 9.36 Å². The number of hydrogen-bond donors (Lipinski definition) is 1. The zero-order valence-corrected chi connectivity index (χ0v) is 10.5. The highest BCUT2D eigenvalue weighted by molar-refractivity contribution is 7.09. The molecular formula is C12H13FN2OS. The Hall–Kier alpha value is -1.62. The van der Waals surface area contributed by atoms with Gasteiger partial charge in [-0.15, -0.1) is 0 Å². The monoisotopic (exact) mass is 252 g/mol. The predicted molar refractivity (Wildman–Crippen MR) is 68.0 cm³/mol. The van der Waals surface area contributed by atoms with Crippen molar-refractivity contribution < 1.29 is 4.39 Å². The van der Waals surface area contributed by atoms with Crippen LogP contribution in [0, 0.1) is 19.7 Å². The normalized spacial score (nSPS) is 10.8. The summed E-state index contributed by atoms with van der Waals surface area (Å²) in [4.78, 5) is 12.6. The molecule has 0 amide bonds. The van der Waals surface area contributed by atoms with Crippen LogP contribution in [0.1, 0.15) is 16.1 Å². The van der Waals surface area contributed by atoms with Gasteiger partial charge in [0.15, 0.2) is 0 Å². The number of hydrogen-bond acceptors (Lipinski definition) is 3. The molecule has 0 atom stereocenters. The lowest BCUT2D eigenvalue weighted by molar-refractivity contribution is 0.597. The number of aromatic nitrogens is 1. The summed E-state index contributed by atoms with van der Waals surface area (Å²) in [5, 5.41) is 0. The molecule has 0 fully saturated rings. The summed E-state index contributed by atoms with van der Waals surface area (Å²) in [7, 11) is 0. The first-order chi connectivity index (χ1) is 8.00. The second kappa shape index (κ2) is 4.33. The fraction of sp³-hybridized carbons (Fsp3) is 0.250. The van der Waals surface area contributed by atoms with Crippen LogP contribution in [0.4, 0.5) is 10.1 Å². The Bertz CT molecular complexity index is 595. The lowest BCUT2D eigenvalue weighted by atomic mass is 10.1. The molecule has 3 nitrogen and oxygen atoms in total. The van der Waals surface area contributed by atoms with Crippen LogP contribution >= 0.6 is 11.3 Å². The molecule has 1 aromatic carbocycles. The van der Waals surface area contributed by atoms with E-state index in [2.05, 4.69) is 0 Å². The Kier molecular flexibility index (Phi) is 3.02. The SMILES string of the molecule is Cc1sc(=O)n(Cc2c(N)cccc2F)c1C. The van der Waals surface area contributed by atoms with Crippen molar-refractivity contribution in [2.75, 3.05) is 5.73 Å². The summed E-state index contributed by atoms with van der Waals surface area (Å²) in [6.45, 7) is 3.92. The summed E-state index contributed by atoms with van der Waals surface area (Å²) in [5.74, 6) is -0.375. The van der Waals surface area contributed by atoms with Crippen molar-refractivity contribution in [2.45, 2.75) is 20.4 Å². The molecule has 0 unspecified atom stereocenters. The quantitative estimate of drug-likeness (QED) is 0.834. The molecule has 0 saturated heterocycles. The van der Waals surface area contributed by atoms with Crippen molar-refractivity contribution in [3.05, 3.63) is 49.8 Å². The molecule has 0 aliphatic carbocycles. The topological polar surface area (TPSA) is 48.0 Å². The van der Waals surface area contributed by atoms with Crippen LogP contribution in [0.2, 0.25) is 0 Å². The Morgan fingerprint density at radius 1 is 1.41 bits per heavy atom. The third kappa shape index (κ3) is 2.10. The molecular weight excluding hydrogens is 239 g/mol. The van der Waals surface area contributed by atoms with Gasteiger partial charge in [0.2, 0.25) is 0 Å². The predicted octanol–water partition coefficient (Wildman–Crippen LogP) is 2.30. The average molecular weight is 252 g/mol. The highest BCUT2D eigenvalue weighted by atomic mass is 32.1. The van der Waals surface area contributed by atoms with E-state index in [1.54, 1.807) is 16.7 Å². The van der Waals surface area contributed by atoms with Crippen molar-refractivity contribution in [1.29, 1.82) is 0 Å². The maximum absolute atomic E-state index is 13.6. The van der Waals surface area contributed by atoms with Gasteiger partial charge in [-0.2, -0.15) is 0 Å². The Labute approximate surface area is 102 Å². The average Bonchev–Trinajstić information content (AvgIpc) is 2.49. The molecule has 0 spiro atoms. The van der Waals surface area contributed by atoms with E-state index in [0.29, 0.717) is 11.3 Å². The minimum absolute atomic E-state index is 0.0809. The fourth-order valence-corrected chi connectivity index (χ4v) is 2.50. The first kappa shape index (κ1) is 11.9. The molecule has 90 valence electrons. The van der Waals surface area contributed by atoms with E-state index in [1.807, 2.05) is 13.8 Å². The van der Waals surface area contributed by atoms with Gasteiger partial charge in [-0.05, 0) is 26.0 Å². The summed E-state index contributed by atoms with van der Waals surface area (Å²) in [6.07, 6.45) is 0. The molecule has 0 radical (unpaired) electrons. The van der Waals surface area contributed by atoms with E-state index in [0.717, 1.165) is 10.6 Å². The van der Waals surface area contributed by atoms with Gasteiger partial charge < -0.3 is 5.73 Å². The third-order valence-electron chi connectivity index (χ3n) is 2.85.